The van der Waals surface area contributed by atoms with Gasteiger partial charge in [-0.15, -0.1) is 11.3 Å². The summed E-state index contributed by atoms with van der Waals surface area (Å²) in [4.78, 5) is 0. The molecule has 0 bridgehead atoms. The number of thiophene rings is 1. The molecule has 8 heteroatoms. The van der Waals surface area contributed by atoms with Crippen LogP contribution in [0.2, 0.25) is 0 Å². The lowest BCUT2D eigenvalue weighted by molar-refractivity contribution is 0.463. The molecule has 0 saturated heterocycles. The maximum Gasteiger partial charge on any atom is 0.252 e. The topological polar surface area (TPSA) is 37.4 Å². The van der Waals surface area contributed by atoms with Gasteiger partial charge in [0.15, 0.2) is 11.6 Å². The third-order valence-electron chi connectivity index (χ3n) is 2.89. The fourth-order valence-electron chi connectivity index (χ4n) is 1.69. The summed E-state index contributed by atoms with van der Waals surface area (Å²) < 4.78 is 52.9. The van der Waals surface area contributed by atoms with E-state index in [-0.39, 0.29) is 10.8 Å². The highest BCUT2D eigenvalue weighted by Gasteiger charge is 2.24. The third-order valence-corrected chi connectivity index (χ3v) is 7.28. The Bertz CT molecular complexity index is 755. The summed E-state index contributed by atoms with van der Waals surface area (Å²) >= 11 is 4.41. The number of aryl methyl sites for hydroxylation is 1. The molecule has 0 aliphatic carbocycles. The van der Waals surface area contributed by atoms with Crippen molar-refractivity contribution < 1.29 is 17.2 Å². The zero-order valence-electron chi connectivity index (χ0n) is 11.2. The number of hydrogen-bond acceptors (Lipinski definition) is 3. The second-order valence-electron chi connectivity index (χ2n) is 4.53. The van der Waals surface area contributed by atoms with Crippen molar-refractivity contribution in [3.8, 4) is 0 Å². The first-order chi connectivity index (χ1) is 9.71. The Morgan fingerprint density at radius 1 is 1.24 bits per heavy atom. The second-order valence-corrected chi connectivity index (χ2v) is 9.17. The molecule has 1 aromatic heterocycles. The normalized spacial score (nSPS) is 12.1. The average Bonchev–Trinajstić information content (AvgIpc) is 2.75. The van der Waals surface area contributed by atoms with Crippen molar-refractivity contribution in [3.63, 3.8) is 0 Å². The Kier molecular flexibility index (Phi) is 4.82. The van der Waals surface area contributed by atoms with Gasteiger partial charge in [0, 0.05) is 13.6 Å². The molecule has 3 nitrogen and oxygen atoms in total. The summed E-state index contributed by atoms with van der Waals surface area (Å²) in [5.74, 6) is -1.95. The highest BCUT2D eigenvalue weighted by atomic mass is 79.9. The van der Waals surface area contributed by atoms with E-state index in [0.717, 1.165) is 37.1 Å². The zero-order valence-corrected chi connectivity index (χ0v) is 14.4. The lowest BCUT2D eigenvalue weighted by atomic mass is 10.2. The molecule has 0 spiro atoms. The van der Waals surface area contributed by atoms with Crippen molar-refractivity contribution in [1.29, 1.82) is 0 Å². The number of halogens is 3. The van der Waals surface area contributed by atoms with Gasteiger partial charge in [-0.25, -0.2) is 17.2 Å². The molecule has 0 saturated carbocycles. The zero-order chi connectivity index (χ0) is 15.8. The fraction of sp³-hybridized carbons (Fsp3) is 0.231. The Balaban J connectivity index is 2.26. The van der Waals surface area contributed by atoms with Crippen LogP contribution in [0.15, 0.2) is 32.3 Å². The first-order valence-corrected chi connectivity index (χ1v) is 8.93. The molecule has 1 aromatic carbocycles. The SMILES string of the molecule is Cc1cc(S(=O)(=O)N(C)Cc2ccc(F)c(F)c2)sc1Br. The van der Waals surface area contributed by atoms with E-state index in [1.54, 1.807) is 13.0 Å². The highest BCUT2D eigenvalue weighted by molar-refractivity contribution is 9.11. The summed E-state index contributed by atoms with van der Waals surface area (Å²) in [7, 11) is -2.25. The van der Waals surface area contributed by atoms with Gasteiger partial charge in [-0.2, -0.15) is 4.31 Å². The predicted molar refractivity (Wildman–Crippen MR) is 81.8 cm³/mol. The van der Waals surface area contributed by atoms with Gasteiger partial charge in [0.25, 0.3) is 10.0 Å². The minimum atomic E-state index is -3.66. The minimum Gasteiger partial charge on any atom is -0.206 e. The monoisotopic (exact) mass is 395 g/mol. The van der Waals surface area contributed by atoms with E-state index < -0.39 is 21.7 Å². The van der Waals surface area contributed by atoms with Crippen molar-refractivity contribution in [2.24, 2.45) is 0 Å². The van der Waals surface area contributed by atoms with Gasteiger partial charge >= 0.3 is 0 Å². The van der Waals surface area contributed by atoms with Crippen LogP contribution in [-0.2, 0) is 16.6 Å². The molecule has 0 aliphatic heterocycles. The van der Waals surface area contributed by atoms with Crippen molar-refractivity contribution >= 4 is 37.3 Å². The molecule has 0 atom stereocenters. The Labute approximate surface area is 134 Å². The molecule has 0 radical (unpaired) electrons. The smallest absolute Gasteiger partial charge is 0.206 e. The Morgan fingerprint density at radius 2 is 1.90 bits per heavy atom. The first-order valence-electron chi connectivity index (χ1n) is 5.88. The lowest BCUT2D eigenvalue weighted by Crippen LogP contribution is -2.25. The molecule has 21 heavy (non-hydrogen) atoms. The van der Waals surface area contributed by atoms with Gasteiger partial charge in [0.2, 0.25) is 0 Å². The van der Waals surface area contributed by atoms with Gasteiger partial charge < -0.3 is 0 Å². The van der Waals surface area contributed by atoms with E-state index in [9.17, 15) is 17.2 Å². The Morgan fingerprint density at radius 3 is 2.43 bits per heavy atom. The molecule has 2 aromatic rings. The van der Waals surface area contributed by atoms with Gasteiger partial charge in [-0.3, -0.25) is 0 Å². The van der Waals surface area contributed by atoms with Crippen molar-refractivity contribution in [2.45, 2.75) is 17.7 Å². The summed E-state index contributed by atoms with van der Waals surface area (Å²) in [5.41, 5.74) is 1.21. The summed E-state index contributed by atoms with van der Waals surface area (Å²) in [6.45, 7) is 1.77. The van der Waals surface area contributed by atoms with Crippen LogP contribution in [0.5, 0.6) is 0 Å². The molecule has 1 heterocycles. The van der Waals surface area contributed by atoms with Crippen molar-refractivity contribution in [1.82, 2.24) is 4.31 Å². The summed E-state index contributed by atoms with van der Waals surface area (Å²) in [5, 5.41) is 0. The lowest BCUT2D eigenvalue weighted by Gasteiger charge is -2.16. The molecule has 0 amide bonds. The number of hydrogen-bond donors (Lipinski definition) is 0. The van der Waals surface area contributed by atoms with Crippen LogP contribution in [-0.4, -0.2) is 19.8 Å². The van der Waals surface area contributed by atoms with E-state index in [0.29, 0.717) is 5.56 Å². The van der Waals surface area contributed by atoms with Crippen LogP contribution in [0.25, 0.3) is 0 Å². The highest BCUT2D eigenvalue weighted by Crippen LogP contribution is 2.32. The van der Waals surface area contributed by atoms with Crippen molar-refractivity contribution in [2.75, 3.05) is 7.05 Å². The number of rotatable bonds is 4. The van der Waals surface area contributed by atoms with Crippen LogP contribution < -0.4 is 0 Å². The number of benzene rings is 1. The molecule has 0 fully saturated rings. The maximum absolute atomic E-state index is 13.2. The predicted octanol–water partition coefficient (Wildman–Crippen LogP) is 3.92. The molecule has 2 rings (SSSR count). The molecule has 0 aliphatic rings. The van der Waals surface area contributed by atoms with E-state index in [4.69, 9.17) is 0 Å². The summed E-state index contributed by atoms with van der Waals surface area (Å²) in [6, 6.07) is 4.92. The molecule has 114 valence electrons. The average molecular weight is 396 g/mol. The van der Waals surface area contributed by atoms with E-state index in [2.05, 4.69) is 15.9 Å². The van der Waals surface area contributed by atoms with Gasteiger partial charge in [0.05, 0.1) is 3.79 Å². The standard InChI is InChI=1S/C13H12BrF2NO2S2/c1-8-5-12(20-13(8)14)21(18,19)17(2)7-9-3-4-10(15)11(16)6-9/h3-6H,7H2,1-2H3. The second kappa shape index (κ2) is 6.12. The Hall–Kier alpha value is -0.830. The van der Waals surface area contributed by atoms with Gasteiger partial charge in [-0.1, -0.05) is 6.07 Å². The maximum atomic E-state index is 13.2. The third kappa shape index (κ3) is 3.50. The van der Waals surface area contributed by atoms with Crippen LogP contribution in [0, 0.1) is 18.6 Å². The van der Waals surface area contributed by atoms with Crippen LogP contribution in [0.1, 0.15) is 11.1 Å². The number of sulfonamides is 1. The van der Waals surface area contributed by atoms with E-state index in [1.165, 1.54) is 13.1 Å². The van der Waals surface area contributed by atoms with Crippen LogP contribution in [0.4, 0.5) is 8.78 Å². The quantitative estimate of drug-likeness (QED) is 0.786. The van der Waals surface area contributed by atoms with Crippen LogP contribution >= 0.6 is 27.3 Å². The van der Waals surface area contributed by atoms with Gasteiger partial charge in [-0.05, 0) is 52.2 Å². The van der Waals surface area contributed by atoms with Gasteiger partial charge in [0.1, 0.15) is 4.21 Å². The first kappa shape index (κ1) is 16.5. The number of nitrogens with zero attached hydrogens (tertiary/aromatic N) is 1. The van der Waals surface area contributed by atoms with Crippen molar-refractivity contribution in [3.05, 3.63) is 50.8 Å². The largest absolute Gasteiger partial charge is 0.252 e. The molecular weight excluding hydrogens is 384 g/mol. The van der Waals surface area contributed by atoms with Crippen LogP contribution in [0.3, 0.4) is 0 Å². The molecule has 0 unspecified atom stereocenters. The fourth-order valence-corrected chi connectivity index (χ4v) is 5.29. The molecule has 0 N–H and O–H groups in total. The molecular formula is C13H12BrF2NO2S2. The van der Waals surface area contributed by atoms with E-state index in [1.807, 2.05) is 0 Å². The minimum absolute atomic E-state index is 0.0336. The summed E-state index contributed by atoms with van der Waals surface area (Å²) in [6.07, 6.45) is 0. The van der Waals surface area contributed by atoms with E-state index >= 15 is 0 Å².